The summed E-state index contributed by atoms with van der Waals surface area (Å²) in [5, 5.41) is 9.14. The number of carboxylic acid groups (broad SMARTS) is 1. The minimum absolute atomic E-state index is 0.00303. The summed E-state index contributed by atoms with van der Waals surface area (Å²) in [6.07, 6.45) is 1.58. The van der Waals surface area contributed by atoms with Gasteiger partial charge in [-0.2, -0.15) is 4.31 Å². The van der Waals surface area contributed by atoms with Gasteiger partial charge in [-0.3, -0.25) is 4.79 Å². The Balaban J connectivity index is 1.94. The van der Waals surface area contributed by atoms with Crippen molar-refractivity contribution in [3.63, 3.8) is 0 Å². The highest BCUT2D eigenvalue weighted by Crippen LogP contribution is 2.29. The number of hydrogen-bond donors (Lipinski definition) is 1. The van der Waals surface area contributed by atoms with E-state index in [4.69, 9.17) is 9.84 Å². The number of ether oxygens (including phenoxy) is 1. The number of sulfonamides is 1. The monoisotopic (exact) mass is 361 g/mol. The average molecular weight is 361 g/mol. The van der Waals surface area contributed by atoms with Crippen LogP contribution in [0.2, 0.25) is 0 Å². The molecule has 0 atom stereocenters. The number of aliphatic carboxylic acids is 1. The van der Waals surface area contributed by atoms with E-state index >= 15 is 0 Å². The average Bonchev–Trinajstić information content (AvgIpc) is 2.61. The Morgan fingerprint density at radius 2 is 1.92 bits per heavy atom. The Morgan fingerprint density at radius 3 is 2.64 bits per heavy atom. The first-order chi connectivity index (χ1) is 12.0. The van der Waals surface area contributed by atoms with Crippen molar-refractivity contribution >= 4 is 16.0 Å². The molecule has 6 nitrogen and oxygen atoms in total. The Morgan fingerprint density at radius 1 is 1.16 bits per heavy atom. The Kier molecular flexibility index (Phi) is 5.06. The molecule has 25 heavy (non-hydrogen) atoms. The fraction of sp³-hybridized carbons (Fsp3) is 0.278. The van der Waals surface area contributed by atoms with E-state index in [1.807, 2.05) is 6.07 Å². The van der Waals surface area contributed by atoms with Crippen LogP contribution in [0.15, 0.2) is 53.4 Å². The quantitative estimate of drug-likeness (QED) is 0.853. The van der Waals surface area contributed by atoms with E-state index in [1.165, 1.54) is 6.07 Å². The lowest BCUT2D eigenvalue weighted by molar-refractivity contribution is -0.137. The maximum Gasteiger partial charge on any atom is 0.318 e. The summed E-state index contributed by atoms with van der Waals surface area (Å²) < 4.78 is 32.5. The molecule has 2 aromatic carbocycles. The van der Waals surface area contributed by atoms with Gasteiger partial charge in [0.25, 0.3) is 0 Å². The molecule has 0 amide bonds. The number of nitrogens with zero attached hydrogens (tertiary/aromatic N) is 1. The molecular weight excluding hydrogens is 342 g/mol. The SMILES string of the molecule is O=C(O)CN(Cc1ccccc1)S(=O)(=O)c1ccc2c(c1)CCCO2. The van der Waals surface area contributed by atoms with Gasteiger partial charge in [0, 0.05) is 6.54 Å². The summed E-state index contributed by atoms with van der Waals surface area (Å²) >= 11 is 0. The zero-order valence-corrected chi connectivity index (χ0v) is 14.4. The molecule has 0 spiro atoms. The molecule has 0 saturated carbocycles. The predicted octanol–water partition coefficient (Wildman–Crippen LogP) is 2.29. The lowest BCUT2D eigenvalue weighted by atomic mass is 10.1. The van der Waals surface area contributed by atoms with Gasteiger partial charge in [0.15, 0.2) is 0 Å². The molecule has 1 heterocycles. The first-order valence-electron chi connectivity index (χ1n) is 7.98. The van der Waals surface area contributed by atoms with Crippen LogP contribution in [0.5, 0.6) is 5.75 Å². The van der Waals surface area contributed by atoms with Crippen molar-refractivity contribution < 1.29 is 23.1 Å². The topological polar surface area (TPSA) is 83.9 Å². The number of fused-ring (bicyclic) bond motifs is 1. The zero-order chi connectivity index (χ0) is 17.9. The third-order valence-corrected chi connectivity index (χ3v) is 5.82. The molecule has 0 aliphatic carbocycles. The molecule has 0 radical (unpaired) electrons. The predicted molar refractivity (Wildman–Crippen MR) is 91.9 cm³/mol. The van der Waals surface area contributed by atoms with Crippen molar-refractivity contribution in [1.29, 1.82) is 0 Å². The van der Waals surface area contributed by atoms with Gasteiger partial charge in [-0.25, -0.2) is 8.42 Å². The van der Waals surface area contributed by atoms with Crippen LogP contribution in [-0.2, 0) is 27.8 Å². The lowest BCUT2D eigenvalue weighted by Crippen LogP contribution is -2.35. The second kappa shape index (κ2) is 7.25. The molecule has 3 rings (SSSR count). The van der Waals surface area contributed by atoms with Crippen LogP contribution in [0.3, 0.4) is 0 Å². The van der Waals surface area contributed by atoms with Gasteiger partial charge in [0.1, 0.15) is 12.3 Å². The normalized spacial score (nSPS) is 14.0. The fourth-order valence-electron chi connectivity index (χ4n) is 2.81. The maximum absolute atomic E-state index is 13.0. The zero-order valence-electron chi connectivity index (χ0n) is 13.6. The van der Waals surface area contributed by atoms with E-state index in [9.17, 15) is 13.2 Å². The standard InChI is InChI=1S/C18H19NO5S/c20-18(21)13-19(12-14-5-2-1-3-6-14)25(22,23)16-8-9-17-15(11-16)7-4-10-24-17/h1-3,5-6,8-9,11H,4,7,10,12-13H2,(H,20,21). The van der Waals surface area contributed by atoms with Crippen molar-refractivity contribution in [2.24, 2.45) is 0 Å². The van der Waals surface area contributed by atoms with Crippen LogP contribution in [0.1, 0.15) is 17.5 Å². The van der Waals surface area contributed by atoms with E-state index in [1.54, 1.807) is 36.4 Å². The Labute approximate surface area is 146 Å². The van der Waals surface area contributed by atoms with E-state index in [0.29, 0.717) is 12.4 Å². The lowest BCUT2D eigenvalue weighted by Gasteiger charge is -2.22. The third-order valence-electron chi connectivity index (χ3n) is 4.03. The van der Waals surface area contributed by atoms with Gasteiger partial charge in [-0.15, -0.1) is 0 Å². The molecule has 0 unspecified atom stereocenters. The van der Waals surface area contributed by atoms with Crippen LogP contribution in [0.4, 0.5) is 0 Å². The number of benzene rings is 2. The summed E-state index contributed by atoms with van der Waals surface area (Å²) in [7, 11) is -3.93. The smallest absolute Gasteiger partial charge is 0.318 e. The van der Waals surface area contributed by atoms with Crippen LogP contribution in [-0.4, -0.2) is 37.0 Å². The van der Waals surface area contributed by atoms with Crippen LogP contribution in [0.25, 0.3) is 0 Å². The van der Waals surface area contributed by atoms with Crippen molar-refractivity contribution in [1.82, 2.24) is 4.31 Å². The second-order valence-electron chi connectivity index (χ2n) is 5.87. The van der Waals surface area contributed by atoms with E-state index in [-0.39, 0.29) is 11.4 Å². The molecule has 1 N–H and O–H groups in total. The molecule has 1 aliphatic heterocycles. The van der Waals surface area contributed by atoms with Gasteiger partial charge >= 0.3 is 5.97 Å². The van der Waals surface area contributed by atoms with Crippen molar-refractivity contribution in [2.75, 3.05) is 13.2 Å². The van der Waals surface area contributed by atoms with Gasteiger partial charge < -0.3 is 9.84 Å². The maximum atomic E-state index is 13.0. The van der Waals surface area contributed by atoms with Crippen LogP contribution in [0, 0.1) is 0 Å². The molecular formula is C18H19NO5S. The Bertz CT molecular complexity index is 864. The molecule has 1 aliphatic rings. The van der Waals surface area contributed by atoms with Crippen molar-refractivity contribution in [3.05, 3.63) is 59.7 Å². The molecule has 132 valence electrons. The van der Waals surface area contributed by atoms with Crippen LogP contribution < -0.4 is 4.74 Å². The second-order valence-corrected chi connectivity index (χ2v) is 7.81. The summed E-state index contributed by atoms with van der Waals surface area (Å²) in [5.41, 5.74) is 1.57. The van der Waals surface area contributed by atoms with E-state index in [2.05, 4.69) is 0 Å². The first-order valence-corrected chi connectivity index (χ1v) is 9.42. The van der Waals surface area contributed by atoms with E-state index < -0.39 is 22.5 Å². The van der Waals surface area contributed by atoms with E-state index in [0.717, 1.165) is 28.3 Å². The molecule has 2 aromatic rings. The minimum atomic E-state index is -3.93. The Hall–Kier alpha value is -2.38. The number of hydrogen-bond acceptors (Lipinski definition) is 4. The summed E-state index contributed by atoms with van der Waals surface area (Å²) in [6, 6.07) is 13.6. The molecule has 0 saturated heterocycles. The summed E-state index contributed by atoms with van der Waals surface area (Å²) in [4.78, 5) is 11.3. The summed E-state index contributed by atoms with van der Waals surface area (Å²) in [5.74, 6) is -0.501. The number of rotatable bonds is 6. The summed E-state index contributed by atoms with van der Waals surface area (Å²) in [6.45, 7) is 0.0338. The molecule has 0 aromatic heterocycles. The highest BCUT2D eigenvalue weighted by atomic mass is 32.2. The number of carboxylic acids is 1. The largest absolute Gasteiger partial charge is 0.493 e. The van der Waals surface area contributed by atoms with Crippen molar-refractivity contribution in [2.45, 2.75) is 24.3 Å². The van der Waals surface area contributed by atoms with Gasteiger partial charge in [0.05, 0.1) is 11.5 Å². The van der Waals surface area contributed by atoms with Gasteiger partial charge in [0.2, 0.25) is 10.0 Å². The molecule has 7 heteroatoms. The highest BCUT2D eigenvalue weighted by Gasteiger charge is 2.28. The van der Waals surface area contributed by atoms with Gasteiger partial charge in [-0.1, -0.05) is 30.3 Å². The minimum Gasteiger partial charge on any atom is -0.493 e. The van der Waals surface area contributed by atoms with Crippen LogP contribution >= 0.6 is 0 Å². The highest BCUT2D eigenvalue weighted by molar-refractivity contribution is 7.89. The first kappa shape index (κ1) is 17.4. The van der Waals surface area contributed by atoms with Crippen molar-refractivity contribution in [3.8, 4) is 5.75 Å². The molecule has 0 bridgehead atoms. The fourth-order valence-corrected chi connectivity index (χ4v) is 4.24. The third kappa shape index (κ3) is 4.00. The van der Waals surface area contributed by atoms with Gasteiger partial charge in [-0.05, 0) is 42.2 Å². The number of carbonyl (C=O) groups is 1. The molecule has 0 fully saturated rings. The number of aryl methyl sites for hydroxylation is 1.